The smallest absolute Gasteiger partial charge is 0.364 e. The SMILES string of the molecule is CC(=O)N[C@@H]1[C@@H](O)[C@H](O[C@H]2O[C@H](CO)[C@@H](O[C@@H]3O[C@H](CO[C@H]4O[C@H](CO)[C@@H](O)[C@H](O[C@H]5O[C@H](CO)[C@@H](O)[C@H](O)[C@@H]5O)[C@@H]4O)[C@@H](O)[C@H](O[C@H]4O[C@H](CO)[C@@H](O)[C@H](O)[C@@H]4O[C@@H]4O[C@H](CO)[C@@H](O[C@@H]5O[C@H](CO)[C@H](O)[C@H](O[C@]6(C(=O)O)C[C@H](O)[C@@H](NC(C)=O)[C@H]([C@H](O)[C@H](O)CO)O6)[C@H]5O)[C@H](O)[C@H]4NC(C)=O)[C@@H]3O)[C@H](O)[C@H]2NC(C)=O)[C@@H](CO[C@@H]2O[C@H](C)[C@H](O)[C@H](O)[C@H]2O)O[C@H]1O. The number of rotatable bonds is 34. The molecule has 0 bridgehead atoms. The first kappa shape index (κ1) is 106. The fourth-order valence-corrected chi connectivity index (χ4v) is 16.5. The van der Waals surface area contributed by atoms with E-state index in [1.54, 1.807) is 0 Å². The monoisotopic (exact) mass is 1870 g/mol. The number of carbonyl (C=O) groups is 5. The summed E-state index contributed by atoms with van der Waals surface area (Å²) >= 11 is 0. The van der Waals surface area contributed by atoms with Gasteiger partial charge in [0, 0.05) is 34.1 Å². The van der Waals surface area contributed by atoms with Crippen LogP contribution in [0.1, 0.15) is 41.0 Å². The van der Waals surface area contributed by atoms with Crippen LogP contribution in [0.15, 0.2) is 0 Å². The number of amides is 4. The summed E-state index contributed by atoms with van der Waals surface area (Å²) in [5, 5.41) is 333. The number of hydrogen-bond acceptors (Lipinski definition) is 52. The fraction of sp³-hybridized carbons (Fsp3) is 0.930. The molecule has 0 aromatic rings. The number of nitrogens with one attached hydrogen (secondary N) is 4. The van der Waals surface area contributed by atoms with Crippen molar-refractivity contribution in [2.75, 3.05) is 59.5 Å². The molecular formula is C71H118N4O53. The van der Waals surface area contributed by atoms with Crippen LogP contribution in [0, 0.1) is 0 Å². The minimum absolute atomic E-state index is 0.853. The van der Waals surface area contributed by atoms with Gasteiger partial charge in [-0.05, 0) is 6.92 Å². The Morgan fingerprint density at radius 3 is 1.17 bits per heavy atom. The van der Waals surface area contributed by atoms with Crippen LogP contribution in [0.5, 0.6) is 0 Å². The van der Waals surface area contributed by atoms with Gasteiger partial charge in [0.1, 0.15) is 232 Å². The molecule has 10 saturated heterocycles. The van der Waals surface area contributed by atoms with Crippen LogP contribution < -0.4 is 21.3 Å². The number of aliphatic carboxylic acids is 1. The van der Waals surface area contributed by atoms with Crippen LogP contribution in [0.4, 0.5) is 0 Å². The average Bonchev–Trinajstić information content (AvgIpc) is 0.752. The van der Waals surface area contributed by atoms with Gasteiger partial charge in [-0.25, -0.2) is 4.79 Å². The number of carboxylic acid groups (broad SMARTS) is 1. The molecule has 57 heteroatoms. The third-order valence-electron chi connectivity index (χ3n) is 23.4. The second-order valence-corrected chi connectivity index (χ2v) is 32.4. The van der Waals surface area contributed by atoms with E-state index in [-0.39, 0.29) is 0 Å². The van der Waals surface area contributed by atoms with E-state index in [1.165, 1.54) is 6.92 Å². The van der Waals surface area contributed by atoms with Gasteiger partial charge < -0.3 is 259 Å². The molecule has 10 aliphatic rings. The van der Waals surface area contributed by atoms with Crippen molar-refractivity contribution in [3.63, 3.8) is 0 Å². The van der Waals surface area contributed by atoms with E-state index in [0.29, 0.717) is 0 Å². The van der Waals surface area contributed by atoms with Crippen LogP contribution in [0.3, 0.4) is 0 Å². The second kappa shape index (κ2) is 45.4. The third-order valence-corrected chi connectivity index (χ3v) is 23.4. The van der Waals surface area contributed by atoms with E-state index < -0.39 is 408 Å². The predicted molar refractivity (Wildman–Crippen MR) is 392 cm³/mol. The van der Waals surface area contributed by atoms with Crippen molar-refractivity contribution in [3.8, 4) is 0 Å². The van der Waals surface area contributed by atoms with Gasteiger partial charge in [0.2, 0.25) is 23.6 Å². The van der Waals surface area contributed by atoms with Gasteiger partial charge in [-0.3, -0.25) is 19.2 Å². The summed E-state index contributed by atoms with van der Waals surface area (Å²) in [6.07, 6.45) is -100. The molecule has 10 heterocycles. The standard InChI is InChI=1S/C71H118N4O53/c1-16-35(89)45(99)48(102)64(112-16)111-15-30-55(42(96)32(61(107)113-30)73-18(3)84)121-62-33(74-19(4)85)43(97)53(27(12-81)118-62)122-67-51(105)58(41(95)29(120-67)14-110-65-50(104)57(39(93)25(10-79)114-65)124-66-49(103)46(100)37(91)23(8-77)115-66)125-69-60(47(101)38(92)24(9-78)117-69)126-63-34(75-20(5)86)44(98)54(28(13-82)119-63)123-68-52(106)59(40(94)26(11-80)116-68)128-71(70(108)109)6-21(87)31(72-17(2)83)56(127-71)36(90)22(88)7-76/h16,21-69,76-82,87-107H,6-15H2,1-5H3,(H,72,83)(H,73,84)(H,74,85)(H,75,86)(H,108,109)/t16-,21+,22-,23-,24-,25-,26-,27-,28-,29-,30-,31-,32-,33-,34-,35+,36-,37-,38-,39-,40+,41-,42-,43-,44-,45+,46+,47+,48-,49+,50+,51+,52-,53-,54-,55-,56-,57+,58+,59+,60+,61-,62-,63+,64-,65+,66-,67+,68+,69-,71+/m1/s1. The van der Waals surface area contributed by atoms with Crippen molar-refractivity contribution >= 4 is 29.6 Å². The van der Waals surface area contributed by atoms with Gasteiger partial charge in [-0.1, -0.05) is 0 Å². The minimum Gasteiger partial charge on any atom is -0.477 e. The summed E-state index contributed by atoms with van der Waals surface area (Å²) in [4.78, 5) is 64.5. The maximum atomic E-state index is 13.3. The maximum Gasteiger partial charge on any atom is 0.364 e. The molecule has 4 amide bonds. The highest BCUT2D eigenvalue weighted by atomic mass is 16.8. The van der Waals surface area contributed by atoms with E-state index in [2.05, 4.69) is 21.3 Å². The first-order valence-electron chi connectivity index (χ1n) is 40.6. The Balaban J connectivity index is 0.956. The van der Waals surface area contributed by atoms with Crippen LogP contribution >= 0.6 is 0 Å². The van der Waals surface area contributed by atoms with Crippen LogP contribution in [0.25, 0.3) is 0 Å². The molecule has 10 rings (SSSR count). The summed E-state index contributed by atoms with van der Waals surface area (Å²) in [6, 6.07) is -7.70. The predicted octanol–water partition coefficient (Wildman–Crippen LogP) is -22.0. The third kappa shape index (κ3) is 23.1. The van der Waals surface area contributed by atoms with Crippen molar-refractivity contribution < 1.29 is 262 Å². The van der Waals surface area contributed by atoms with Gasteiger partial charge in [-0.2, -0.15) is 0 Å². The van der Waals surface area contributed by atoms with Gasteiger partial charge in [0.05, 0.1) is 77.7 Å². The molecule has 0 unspecified atom stereocenters. The lowest BCUT2D eigenvalue weighted by Crippen LogP contribution is -2.71. The molecule has 0 saturated carbocycles. The normalized spacial score (nSPS) is 48.4. The van der Waals surface area contributed by atoms with E-state index >= 15 is 0 Å². The lowest BCUT2D eigenvalue weighted by Gasteiger charge is -2.51. The highest BCUT2D eigenvalue weighted by Gasteiger charge is 2.64. The van der Waals surface area contributed by atoms with Crippen LogP contribution in [0.2, 0.25) is 0 Å². The number of aliphatic hydroxyl groups is 28. The Hall–Kier alpha value is -4.53. The molecule has 51 atom stereocenters. The summed E-state index contributed by atoms with van der Waals surface area (Å²) in [7, 11) is 0. The van der Waals surface area contributed by atoms with Gasteiger partial charge in [0.25, 0.3) is 5.79 Å². The molecule has 0 spiro atoms. The van der Waals surface area contributed by atoms with E-state index in [0.717, 1.165) is 27.7 Å². The molecule has 10 aliphatic heterocycles. The van der Waals surface area contributed by atoms with Crippen LogP contribution in [-0.2, 0) is 114 Å². The second-order valence-electron chi connectivity index (χ2n) is 32.4. The lowest BCUT2D eigenvalue weighted by atomic mass is 9.88. The number of aliphatic hydroxyl groups excluding tert-OH is 28. The average molecular weight is 1880 g/mol. The van der Waals surface area contributed by atoms with E-state index in [4.69, 9.17) is 90.0 Å². The van der Waals surface area contributed by atoms with E-state index in [9.17, 15) is 172 Å². The molecule has 0 radical (unpaired) electrons. The molecule has 740 valence electrons. The zero-order valence-electron chi connectivity index (χ0n) is 68.7. The minimum atomic E-state index is -3.32. The first-order valence-corrected chi connectivity index (χ1v) is 40.6. The molecule has 0 aromatic carbocycles. The number of carboxylic acids is 1. The lowest BCUT2D eigenvalue weighted by molar-refractivity contribution is -0.400. The van der Waals surface area contributed by atoms with Gasteiger partial charge in [0.15, 0.2) is 56.6 Å². The molecule has 128 heavy (non-hydrogen) atoms. The van der Waals surface area contributed by atoms with Crippen molar-refractivity contribution in [1.29, 1.82) is 0 Å². The quantitative estimate of drug-likeness (QED) is 0.0284. The Bertz CT molecular complexity index is 3530. The summed E-state index contributed by atoms with van der Waals surface area (Å²) in [6.45, 7) is -5.48. The molecule has 0 aromatic heterocycles. The summed E-state index contributed by atoms with van der Waals surface area (Å²) in [5.41, 5.74) is 0. The Morgan fingerprint density at radius 1 is 0.336 bits per heavy atom. The van der Waals surface area contributed by atoms with Crippen LogP contribution in [-0.4, -0.2) is 550 Å². The highest BCUT2D eigenvalue weighted by Crippen LogP contribution is 2.43. The summed E-state index contributed by atoms with van der Waals surface area (Å²) < 4.78 is 112. The molecule has 0 aliphatic carbocycles. The van der Waals surface area contributed by atoms with Crippen molar-refractivity contribution in [2.24, 2.45) is 0 Å². The van der Waals surface area contributed by atoms with Crippen molar-refractivity contribution in [3.05, 3.63) is 0 Å². The van der Waals surface area contributed by atoms with Crippen molar-refractivity contribution in [2.45, 2.75) is 353 Å². The molecule has 10 fully saturated rings. The Morgan fingerprint density at radius 2 is 0.680 bits per heavy atom. The van der Waals surface area contributed by atoms with Gasteiger partial charge >= 0.3 is 5.97 Å². The summed E-state index contributed by atoms with van der Waals surface area (Å²) in [5.74, 6) is -9.30. The fourth-order valence-electron chi connectivity index (χ4n) is 16.5. The largest absolute Gasteiger partial charge is 0.477 e. The molecule has 33 N–H and O–H groups in total. The zero-order chi connectivity index (χ0) is 94.6. The first-order chi connectivity index (χ1) is 60.3. The molecule has 57 nitrogen and oxygen atoms in total. The topological polar surface area (TPSA) is 896 Å². The van der Waals surface area contributed by atoms with Crippen molar-refractivity contribution in [1.82, 2.24) is 21.3 Å². The Labute approximate surface area is 723 Å². The van der Waals surface area contributed by atoms with E-state index in [1.807, 2.05) is 0 Å². The number of ether oxygens (including phenoxy) is 19. The number of carbonyl (C=O) groups excluding carboxylic acids is 4. The molecular weight excluding hydrogens is 1760 g/mol. The highest BCUT2D eigenvalue weighted by molar-refractivity contribution is 5.77. The van der Waals surface area contributed by atoms with Gasteiger partial charge in [-0.15, -0.1) is 0 Å². The number of hydrogen-bond donors (Lipinski definition) is 33. The maximum absolute atomic E-state index is 13.3. The Kier molecular flexibility index (Phi) is 37.4. The zero-order valence-corrected chi connectivity index (χ0v) is 68.7.